The third-order valence-electron chi connectivity index (χ3n) is 3.94. The van der Waals surface area contributed by atoms with Crippen molar-refractivity contribution in [1.82, 2.24) is 5.32 Å². The van der Waals surface area contributed by atoms with Gasteiger partial charge in [0.05, 0.1) is 12.5 Å². The fraction of sp³-hybridized carbons (Fsp3) is 0.833. The molecule has 0 aromatic carbocycles. The van der Waals surface area contributed by atoms with Crippen LogP contribution < -0.4 is 5.32 Å². The highest BCUT2D eigenvalue weighted by molar-refractivity contribution is 5.82. The Labute approximate surface area is 95.7 Å². The summed E-state index contributed by atoms with van der Waals surface area (Å²) in [6, 6.07) is 0. The van der Waals surface area contributed by atoms with Gasteiger partial charge in [-0.3, -0.25) is 4.79 Å². The van der Waals surface area contributed by atoms with Gasteiger partial charge in [0.1, 0.15) is 6.29 Å². The molecule has 1 aliphatic carbocycles. The van der Waals surface area contributed by atoms with E-state index in [1.165, 1.54) is 0 Å². The molecule has 2 aliphatic rings. The molecule has 4 nitrogen and oxygen atoms in total. The van der Waals surface area contributed by atoms with Gasteiger partial charge in [0.15, 0.2) is 0 Å². The molecular weight excluding hydrogens is 206 g/mol. The monoisotopic (exact) mass is 225 g/mol. The Balaban J connectivity index is 1.96. The van der Waals surface area contributed by atoms with Crippen LogP contribution in [-0.4, -0.2) is 31.4 Å². The van der Waals surface area contributed by atoms with Crippen molar-refractivity contribution in [3.8, 4) is 0 Å². The summed E-state index contributed by atoms with van der Waals surface area (Å²) in [5.41, 5.74) is -0.0419. The molecule has 0 unspecified atom stereocenters. The zero-order chi connectivity index (χ0) is 11.6. The van der Waals surface area contributed by atoms with Crippen LogP contribution in [-0.2, 0) is 14.3 Å². The van der Waals surface area contributed by atoms with Crippen molar-refractivity contribution in [2.75, 3.05) is 13.7 Å². The van der Waals surface area contributed by atoms with Crippen LogP contribution in [0.2, 0.25) is 0 Å². The molecule has 16 heavy (non-hydrogen) atoms. The van der Waals surface area contributed by atoms with E-state index in [2.05, 4.69) is 5.32 Å². The van der Waals surface area contributed by atoms with Crippen molar-refractivity contribution < 1.29 is 14.3 Å². The van der Waals surface area contributed by atoms with E-state index in [-0.39, 0.29) is 23.3 Å². The number of hydrogen-bond donors (Lipinski definition) is 1. The average Bonchev–Trinajstić information content (AvgIpc) is 2.57. The molecule has 1 saturated carbocycles. The zero-order valence-corrected chi connectivity index (χ0v) is 9.70. The summed E-state index contributed by atoms with van der Waals surface area (Å²) in [7, 11) is 1.63. The standard InChI is InChI=1S/C12H19NO3/c1-16-8-10-6-12(13-11(10)15)4-2-9(7-14)3-5-12/h7,9-10H,2-6,8H2,1H3,(H,13,15)/t9-,10-,12-/m1/s1. The van der Waals surface area contributed by atoms with Gasteiger partial charge in [-0.2, -0.15) is 0 Å². The van der Waals surface area contributed by atoms with Crippen LogP contribution in [0.5, 0.6) is 0 Å². The Hall–Kier alpha value is -0.900. The minimum absolute atomic E-state index is 0.00205. The summed E-state index contributed by atoms with van der Waals surface area (Å²) in [4.78, 5) is 22.4. The molecule has 1 heterocycles. The molecule has 90 valence electrons. The summed E-state index contributed by atoms with van der Waals surface area (Å²) < 4.78 is 5.06. The van der Waals surface area contributed by atoms with Crippen molar-refractivity contribution in [2.24, 2.45) is 11.8 Å². The maximum absolute atomic E-state index is 11.7. The van der Waals surface area contributed by atoms with E-state index >= 15 is 0 Å². The molecule has 1 saturated heterocycles. The van der Waals surface area contributed by atoms with Gasteiger partial charge in [0, 0.05) is 18.6 Å². The quantitative estimate of drug-likeness (QED) is 0.726. The Morgan fingerprint density at radius 2 is 2.19 bits per heavy atom. The van der Waals surface area contributed by atoms with Crippen molar-refractivity contribution in [1.29, 1.82) is 0 Å². The molecule has 0 aromatic heterocycles. The molecule has 1 atom stereocenters. The predicted octanol–water partition coefficient (Wildman–Crippen LogP) is 0.897. The summed E-state index contributed by atoms with van der Waals surface area (Å²) in [6.07, 6.45) is 5.60. The lowest BCUT2D eigenvalue weighted by molar-refractivity contribution is -0.124. The molecular formula is C12H19NO3. The number of ether oxygens (including phenoxy) is 1. The summed E-state index contributed by atoms with van der Waals surface area (Å²) >= 11 is 0. The average molecular weight is 225 g/mol. The van der Waals surface area contributed by atoms with Crippen molar-refractivity contribution >= 4 is 12.2 Å². The van der Waals surface area contributed by atoms with Crippen LogP contribution in [0.15, 0.2) is 0 Å². The first-order valence-electron chi connectivity index (χ1n) is 5.95. The smallest absolute Gasteiger partial charge is 0.225 e. The first-order chi connectivity index (χ1) is 7.69. The van der Waals surface area contributed by atoms with E-state index < -0.39 is 0 Å². The van der Waals surface area contributed by atoms with Gasteiger partial charge in [-0.05, 0) is 32.1 Å². The van der Waals surface area contributed by atoms with E-state index in [4.69, 9.17) is 4.74 Å². The van der Waals surface area contributed by atoms with E-state index in [0.717, 1.165) is 38.4 Å². The second-order valence-corrected chi connectivity index (χ2v) is 5.10. The number of hydrogen-bond acceptors (Lipinski definition) is 3. The van der Waals surface area contributed by atoms with Gasteiger partial charge >= 0.3 is 0 Å². The maximum atomic E-state index is 11.7. The van der Waals surface area contributed by atoms with Crippen molar-refractivity contribution in [3.63, 3.8) is 0 Å². The molecule has 0 bridgehead atoms. The number of rotatable bonds is 3. The molecule has 1 N–H and O–H groups in total. The van der Waals surface area contributed by atoms with Crippen LogP contribution >= 0.6 is 0 Å². The number of carbonyl (C=O) groups excluding carboxylic acids is 2. The van der Waals surface area contributed by atoms with Crippen LogP contribution in [0.4, 0.5) is 0 Å². The van der Waals surface area contributed by atoms with E-state index in [1.54, 1.807) is 7.11 Å². The maximum Gasteiger partial charge on any atom is 0.225 e. The Bertz CT molecular complexity index is 282. The van der Waals surface area contributed by atoms with Crippen LogP contribution in [0.25, 0.3) is 0 Å². The van der Waals surface area contributed by atoms with Crippen molar-refractivity contribution in [3.05, 3.63) is 0 Å². The third-order valence-corrected chi connectivity index (χ3v) is 3.94. The van der Waals surface area contributed by atoms with Crippen molar-refractivity contribution in [2.45, 2.75) is 37.6 Å². The topological polar surface area (TPSA) is 55.4 Å². The number of methoxy groups -OCH3 is 1. The number of aldehydes is 1. The molecule has 2 rings (SSSR count). The fourth-order valence-electron chi connectivity index (χ4n) is 2.97. The number of nitrogens with one attached hydrogen (secondary N) is 1. The summed E-state index contributed by atoms with van der Waals surface area (Å²) in [5, 5.41) is 3.11. The van der Waals surface area contributed by atoms with Crippen LogP contribution in [0.1, 0.15) is 32.1 Å². The van der Waals surface area contributed by atoms with Gasteiger partial charge in [0.2, 0.25) is 5.91 Å². The molecule has 1 amide bonds. The number of carbonyl (C=O) groups is 2. The van der Waals surface area contributed by atoms with Gasteiger partial charge in [-0.25, -0.2) is 0 Å². The lowest BCUT2D eigenvalue weighted by Gasteiger charge is -2.35. The Morgan fingerprint density at radius 1 is 1.50 bits per heavy atom. The number of amides is 1. The molecule has 0 aromatic rings. The summed E-state index contributed by atoms with van der Waals surface area (Å²) in [6.45, 7) is 0.505. The predicted molar refractivity (Wildman–Crippen MR) is 58.9 cm³/mol. The van der Waals surface area contributed by atoms with Gasteiger partial charge in [-0.15, -0.1) is 0 Å². The molecule has 0 radical (unpaired) electrons. The summed E-state index contributed by atoms with van der Waals surface area (Å²) in [5.74, 6) is 0.313. The molecule has 4 heteroatoms. The second kappa shape index (κ2) is 4.53. The minimum atomic E-state index is -0.0419. The van der Waals surface area contributed by atoms with E-state index in [1.807, 2.05) is 0 Å². The van der Waals surface area contributed by atoms with Gasteiger partial charge in [-0.1, -0.05) is 0 Å². The first kappa shape index (κ1) is 11.6. The molecule has 2 fully saturated rings. The normalized spacial score (nSPS) is 38.7. The van der Waals surface area contributed by atoms with E-state index in [9.17, 15) is 9.59 Å². The lowest BCUT2D eigenvalue weighted by atomic mass is 9.75. The van der Waals surface area contributed by atoms with Crippen LogP contribution in [0.3, 0.4) is 0 Å². The van der Waals surface area contributed by atoms with Gasteiger partial charge < -0.3 is 14.8 Å². The molecule has 1 aliphatic heterocycles. The third kappa shape index (κ3) is 2.12. The largest absolute Gasteiger partial charge is 0.384 e. The SMILES string of the molecule is COC[C@H]1C[C@]2(CC[C@@H](C=O)CC2)NC1=O. The Morgan fingerprint density at radius 3 is 2.75 bits per heavy atom. The zero-order valence-electron chi connectivity index (χ0n) is 9.70. The molecule has 1 spiro atoms. The first-order valence-corrected chi connectivity index (χ1v) is 5.95. The highest BCUT2D eigenvalue weighted by atomic mass is 16.5. The van der Waals surface area contributed by atoms with E-state index in [0.29, 0.717) is 6.61 Å². The highest BCUT2D eigenvalue weighted by Crippen LogP contribution is 2.39. The van der Waals surface area contributed by atoms with Crippen LogP contribution in [0, 0.1) is 11.8 Å². The second-order valence-electron chi connectivity index (χ2n) is 5.10. The van der Waals surface area contributed by atoms with Gasteiger partial charge in [0.25, 0.3) is 0 Å². The Kier molecular flexibility index (Phi) is 3.28. The minimum Gasteiger partial charge on any atom is -0.384 e. The highest BCUT2D eigenvalue weighted by Gasteiger charge is 2.45. The lowest BCUT2D eigenvalue weighted by Crippen LogP contribution is -2.44. The fourth-order valence-corrected chi connectivity index (χ4v) is 2.97.